The summed E-state index contributed by atoms with van der Waals surface area (Å²) in [6.07, 6.45) is 5.28. The van der Waals surface area contributed by atoms with Crippen molar-refractivity contribution in [3.8, 4) is 0 Å². The molecule has 2 amide bonds. The van der Waals surface area contributed by atoms with Crippen molar-refractivity contribution in [2.75, 3.05) is 18.0 Å². The third kappa shape index (κ3) is 4.34. The van der Waals surface area contributed by atoms with Crippen LogP contribution in [0.15, 0.2) is 24.3 Å². The quantitative estimate of drug-likeness (QED) is 0.835. The lowest BCUT2D eigenvalue weighted by Crippen LogP contribution is -2.48. The summed E-state index contributed by atoms with van der Waals surface area (Å²) in [4.78, 5) is 28.3. The molecule has 1 aliphatic rings. The summed E-state index contributed by atoms with van der Waals surface area (Å²) in [5.74, 6) is -0.0287. The van der Waals surface area contributed by atoms with Crippen molar-refractivity contribution in [2.24, 2.45) is 0 Å². The molecule has 23 heavy (non-hydrogen) atoms. The maximum Gasteiger partial charge on any atom is 0.242 e. The molecule has 1 unspecified atom stereocenters. The number of hydrogen-bond acceptors (Lipinski definition) is 2. The Morgan fingerprint density at radius 2 is 1.87 bits per heavy atom. The first kappa shape index (κ1) is 17.5. The molecular formula is C19H28N2O2. The lowest BCUT2D eigenvalue weighted by molar-refractivity contribution is -0.134. The Bertz CT molecular complexity index is 539. The van der Waals surface area contributed by atoms with Gasteiger partial charge in [-0.25, -0.2) is 0 Å². The van der Waals surface area contributed by atoms with E-state index >= 15 is 0 Å². The number of benzene rings is 1. The Kier molecular flexibility index (Phi) is 6.20. The first-order valence-corrected chi connectivity index (χ1v) is 8.73. The first-order valence-electron chi connectivity index (χ1n) is 8.73. The summed E-state index contributed by atoms with van der Waals surface area (Å²) in [6, 6.07) is 8.23. The van der Waals surface area contributed by atoms with E-state index in [1.807, 2.05) is 29.2 Å². The van der Waals surface area contributed by atoms with E-state index in [-0.39, 0.29) is 18.4 Å². The summed E-state index contributed by atoms with van der Waals surface area (Å²) >= 11 is 0. The van der Waals surface area contributed by atoms with Gasteiger partial charge in [0.15, 0.2) is 0 Å². The van der Waals surface area contributed by atoms with Crippen molar-refractivity contribution in [1.82, 2.24) is 4.90 Å². The van der Waals surface area contributed by atoms with E-state index in [9.17, 15) is 9.59 Å². The van der Waals surface area contributed by atoms with Crippen LogP contribution in [0.3, 0.4) is 0 Å². The van der Waals surface area contributed by atoms with Crippen LogP contribution in [0.4, 0.5) is 5.69 Å². The highest BCUT2D eigenvalue weighted by Gasteiger charge is 2.27. The van der Waals surface area contributed by atoms with Crippen molar-refractivity contribution < 1.29 is 9.59 Å². The topological polar surface area (TPSA) is 40.6 Å². The number of aryl methyl sites for hydroxylation is 1. The van der Waals surface area contributed by atoms with Crippen LogP contribution in [0, 0.1) is 0 Å². The average molecular weight is 316 g/mol. The van der Waals surface area contributed by atoms with Gasteiger partial charge in [-0.3, -0.25) is 9.59 Å². The summed E-state index contributed by atoms with van der Waals surface area (Å²) in [5.41, 5.74) is 2.03. The van der Waals surface area contributed by atoms with Crippen LogP contribution in [0.2, 0.25) is 0 Å². The zero-order valence-corrected chi connectivity index (χ0v) is 14.5. The largest absolute Gasteiger partial charge is 0.338 e. The summed E-state index contributed by atoms with van der Waals surface area (Å²) in [5, 5.41) is 0. The Labute approximate surface area is 139 Å². The van der Waals surface area contributed by atoms with E-state index in [1.54, 1.807) is 4.90 Å². The molecule has 1 aromatic carbocycles. The van der Waals surface area contributed by atoms with Crippen molar-refractivity contribution in [3.05, 3.63) is 29.8 Å². The molecule has 1 fully saturated rings. The fraction of sp³-hybridized carbons (Fsp3) is 0.579. The average Bonchev–Trinajstić information content (AvgIpc) is 2.59. The van der Waals surface area contributed by atoms with Crippen molar-refractivity contribution in [1.29, 1.82) is 0 Å². The number of nitrogens with zero attached hydrogens (tertiary/aromatic N) is 2. The first-order chi connectivity index (χ1) is 11.1. The maximum absolute atomic E-state index is 12.7. The molecule has 1 heterocycles. The highest BCUT2D eigenvalue weighted by molar-refractivity contribution is 5.97. The number of anilines is 1. The fourth-order valence-corrected chi connectivity index (χ4v) is 3.28. The minimum atomic E-state index is -0.0901. The number of likely N-dealkylation sites (tertiary alicyclic amines) is 1. The number of carbonyl (C=O) groups is 2. The molecule has 1 aromatic rings. The molecule has 1 atom stereocenters. The highest BCUT2D eigenvalue weighted by Crippen LogP contribution is 2.21. The van der Waals surface area contributed by atoms with Crippen LogP contribution in [0.1, 0.15) is 52.0 Å². The Morgan fingerprint density at radius 1 is 1.17 bits per heavy atom. The van der Waals surface area contributed by atoms with Crippen LogP contribution in [-0.2, 0) is 16.0 Å². The molecule has 4 heteroatoms. The third-order valence-electron chi connectivity index (χ3n) is 4.75. The van der Waals surface area contributed by atoms with Gasteiger partial charge in [-0.2, -0.15) is 0 Å². The minimum absolute atomic E-state index is 0.0614. The molecule has 0 saturated carbocycles. The lowest BCUT2D eigenvalue weighted by Gasteiger charge is -2.36. The van der Waals surface area contributed by atoms with Gasteiger partial charge in [-0.15, -0.1) is 0 Å². The molecule has 1 aliphatic heterocycles. The molecule has 0 aromatic heterocycles. The third-order valence-corrected chi connectivity index (χ3v) is 4.75. The van der Waals surface area contributed by atoms with Gasteiger partial charge in [-0.1, -0.05) is 26.0 Å². The molecule has 0 spiro atoms. The maximum atomic E-state index is 12.7. The van der Waals surface area contributed by atoms with Crippen molar-refractivity contribution in [2.45, 2.75) is 58.9 Å². The monoisotopic (exact) mass is 316 g/mol. The minimum Gasteiger partial charge on any atom is -0.338 e. The van der Waals surface area contributed by atoms with Crippen LogP contribution in [-0.4, -0.2) is 35.8 Å². The molecule has 4 nitrogen and oxygen atoms in total. The Hall–Kier alpha value is -1.84. The van der Waals surface area contributed by atoms with E-state index in [2.05, 4.69) is 13.8 Å². The van der Waals surface area contributed by atoms with Gasteiger partial charge in [0, 0.05) is 25.2 Å². The highest BCUT2D eigenvalue weighted by atomic mass is 16.2. The molecule has 126 valence electrons. The van der Waals surface area contributed by atoms with Crippen molar-refractivity contribution in [3.63, 3.8) is 0 Å². The fourth-order valence-electron chi connectivity index (χ4n) is 3.28. The Balaban J connectivity index is 2.11. The van der Waals surface area contributed by atoms with E-state index in [0.717, 1.165) is 37.9 Å². The normalized spacial score (nSPS) is 17.9. The summed E-state index contributed by atoms with van der Waals surface area (Å²) in [7, 11) is 0. The van der Waals surface area contributed by atoms with Gasteiger partial charge in [0.1, 0.15) is 6.54 Å². The second-order valence-corrected chi connectivity index (χ2v) is 6.27. The van der Waals surface area contributed by atoms with E-state index in [0.29, 0.717) is 6.04 Å². The standard InChI is InChI=1S/C19H28N2O2/c1-4-16-9-11-18(12-10-16)21(15(3)22)14-19(23)20-13-7-6-8-17(20)5-2/h9-12,17H,4-8,13-14H2,1-3H3. The molecule has 2 rings (SSSR count). The predicted molar refractivity (Wildman–Crippen MR) is 93.5 cm³/mol. The van der Waals surface area contributed by atoms with Crippen LogP contribution in [0.5, 0.6) is 0 Å². The molecular weight excluding hydrogens is 288 g/mol. The predicted octanol–water partition coefficient (Wildman–Crippen LogP) is 3.39. The Morgan fingerprint density at radius 3 is 2.43 bits per heavy atom. The van der Waals surface area contributed by atoms with Gasteiger partial charge >= 0.3 is 0 Å². The molecule has 0 radical (unpaired) electrons. The SMILES string of the molecule is CCc1ccc(N(CC(=O)N2CCCCC2CC)C(C)=O)cc1. The van der Waals surface area contributed by atoms with Gasteiger partial charge in [0.25, 0.3) is 0 Å². The van der Waals surface area contributed by atoms with Gasteiger partial charge in [0.2, 0.25) is 11.8 Å². The van der Waals surface area contributed by atoms with Crippen molar-refractivity contribution >= 4 is 17.5 Å². The number of carbonyl (C=O) groups excluding carboxylic acids is 2. The zero-order chi connectivity index (χ0) is 16.8. The molecule has 0 aliphatic carbocycles. The van der Waals surface area contributed by atoms with Crippen LogP contribution >= 0.6 is 0 Å². The van der Waals surface area contributed by atoms with E-state index < -0.39 is 0 Å². The van der Waals surface area contributed by atoms with E-state index in [4.69, 9.17) is 0 Å². The number of amides is 2. The molecule has 0 N–H and O–H groups in total. The summed E-state index contributed by atoms with van der Waals surface area (Å²) in [6.45, 7) is 6.70. The molecule has 0 bridgehead atoms. The number of piperidine rings is 1. The second-order valence-electron chi connectivity index (χ2n) is 6.27. The zero-order valence-electron chi connectivity index (χ0n) is 14.5. The van der Waals surface area contributed by atoms with E-state index in [1.165, 1.54) is 18.9 Å². The second kappa shape index (κ2) is 8.14. The van der Waals surface area contributed by atoms with Gasteiger partial charge in [0.05, 0.1) is 0 Å². The molecule has 1 saturated heterocycles. The summed E-state index contributed by atoms with van der Waals surface area (Å²) < 4.78 is 0. The lowest BCUT2D eigenvalue weighted by atomic mass is 10.00. The van der Waals surface area contributed by atoms with Gasteiger partial charge in [-0.05, 0) is 49.8 Å². The van der Waals surface area contributed by atoms with Gasteiger partial charge < -0.3 is 9.80 Å². The van der Waals surface area contributed by atoms with Crippen LogP contribution in [0.25, 0.3) is 0 Å². The number of hydrogen-bond donors (Lipinski definition) is 0. The smallest absolute Gasteiger partial charge is 0.242 e. The number of rotatable bonds is 5. The van der Waals surface area contributed by atoms with Crippen LogP contribution < -0.4 is 4.90 Å².